The second kappa shape index (κ2) is 5.30. The van der Waals surface area contributed by atoms with Gasteiger partial charge in [0.2, 0.25) is 0 Å². The normalized spacial score (nSPS) is 10.2. The van der Waals surface area contributed by atoms with Crippen LogP contribution in [0.5, 0.6) is 0 Å². The number of nitrogens with two attached hydrogens (primary N) is 1. The van der Waals surface area contributed by atoms with E-state index in [1.807, 2.05) is 31.3 Å². The van der Waals surface area contributed by atoms with Crippen LogP contribution in [-0.4, -0.2) is 16.5 Å². The Morgan fingerprint density at radius 3 is 2.88 bits per heavy atom. The number of anilines is 2. The van der Waals surface area contributed by atoms with Crippen molar-refractivity contribution in [2.24, 2.45) is 0 Å². The van der Waals surface area contributed by atoms with E-state index in [4.69, 9.17) is 5.73 Å². The van der Waals surface area contributed by atoms with Gasteiger partial charge in [-0.1, -0.05) is 6.07 Å². The molecule has 2 rings (SSSR count). The van der Waals surface area contributed by atoms with Gasteiger partial charge in [0.15, 0.2) is 0 Å². The molecule has 0 atom stereocenters. The van der Waals surface area contributed by atoms with Crippen molar-refractivity contribution in [1.82, 2.24) is 9.97 Å². The molecule has 2 aromatic heterocycles. The Balaban J connectivity index is 1.88. The topological polar surface area (TPSA) is 63.8 Å². The van der Waals surface area contributed by atoms with Crippen molar-refractivity contribution in [2.75, 3.05) is 17.6 Å². The van der Waals surface area contributed by atoms with Gasteiger partial charge in [-0.3, -0.25) is 4.98 Å². The van der Waals surface area contributed by atoms with Gasteiger partial charge in [0.05, 0.1) is 11.4 Å². The zero-order valence-electron chi connectivity index (χ0n) is 9.85. The maximum Gasteiger partial charge on any atom is 0.126 e. The van der Waals surface area contributed by atoms with E-state index in [0.717, 1.165) is 30.2 Å². The van der Waals surface area contributed by atoms with Gasteiger partial charge in [-0.15, -0.1) is 0 Å². The third-order valence-electron chi connectivity index (χ3n) is 2.57. The molecule has 0 saturated heterocycles. The summed E-state index contributed by atoms with van der Waals surface area (Å²) in [5.74, 6) is 0.862. The van der Waals surface area contributed by atoms with Gasteiger partial charge in [0, 0.05) is 18.9 Å². The summed E-state index contributed by atoms with van der Waals surface area (Å²) in [7, 11) is 0. The summed E-state index contributed by atoms with van der Waals surface area (Å²) in [5, 5.41) is 3.27. The van der Waals surface area contributed by atoms with Crippen LogP contribution < -0.4 is 11.1 Å². The molecule has 4 nitrogen and oxygen atoms in total. The van der Waals surface area contributed by atoms with Crippen LogP contribution in [0.4, 0.5) is 11.5 Å². The number of hydrogen-bond acceptors (Lipinski definition) is 4. The smallest absolute Gasteiger partial charge is 0.126 e. The lowest BCUT2D eigenvalue weighted by Gasteiger charge is -2.07. The number of aromatic nitrogens is 2. The van der Waals surface area contributed by atoms with Crippen LogP contribution in [0.1, 0.15) is 11.3 Å². The maximum absolute atomic E-state index is 5.71. The number of nitrogen functional groups attached to an aromatic ring is 1. The molecule has 0 radical (unpaired) electrons. The molecule has 0 saturated carbocycles. The number of pyridine rings is 2. The lowest BCUT2D eigenvalue weighted by atomic mass is 10.2. The zero-order valence-corrected chi connectivity index (χ0v) is 9.85. The molecule has 0 amide bonds. The van der Waals surface area contributed by atoms with Gasteiger partial charge in [-0.25, -0.2) is 4.98 Å². The summed E-state index contributed by atoms with van der Waals surface area (Å²) in [5.41, 5.74) is 8.51. The van der Waals surface area contributed by atoms with Crippen molar-refractivity contribution in [1.29, 1.82) is 0 Å². The van der Waals surface area contributed by atoms with E-state index in [9.17, 15) is 0 Å². The highest BCUT2D eigenvalue weighted by molar-refractivity contribution is 5.49. The monoisotopic (exact) mass is 228 g/mol. The Hall–Kier alpha value is -2.10. The first-order valence-corrected chi connectivity index (χ1v) is 5.61. The van der Waals surface area contributed by atoms with Crippen LogP contribution in [0.2, 0.25) is 0 Å². The van der Waals surface area contributed by atoms with Crippen molar-refractivity contribution in [3.8, 4) is 0 Å². The van der Waals surface area contributed by atoms with E-state index in [2.05, 4.69) is 21.4 Å². The number of rotatable bonds is 4. The van der Waals surface area contributed by atoms with Crippen molar-refractivity contribution < 1.29 is 0 Å². The second-order valence-corrected chi connectivity index (χ2v) is 3.91. The van der Waals surface area contributed by atoms with E-state index in [1.165, 1.54) is 5.56 Å². The summed E-state index contributed by atoms with van der Waals surface area (Å²) in [6.07, 6.45) is 4.59. The van der Waals surface area contributed by atoms with E-state index in [0.29, 0.717) is 0 Å². The van der Waals surface area contributed by atoms with Crippen LogP contribution in [0.3, 0.4) is 0 Å². The maximum atomic E-state index is 5.71. The van der Waals surface area contributed by atoms with Gasteiger partial charge in [0.1, 0.15) is 5.82 Å². The van der Waals surface area contributed by atoms with Gasteiger partial charge in [0.25, 0.3) is 0 Å². The number of nitrogens with zero attached hydrogens (tertiary/aromatic N) is 2. The molecule has 0 aromatic carbocycles. The minimum absolute atomic E-state index is 0.725. The van der Waals surface area contributed by atoms with Crippen molar-refractivity contribution in [3.63, 3.8) is 0 Å². The van der Waals surface area contributed by atoms with E-state index in [-0.39, 0.29) is 0 Å². The Morgan fingerprint density at radius 2 is 2.18 bits per heavy atom. The Morgan fingerprint density at radius 1 is 1.29 bits per heavy atom. The predicted octanol–water partition coefficient (Wildman–Crippen LogP) is 2.02. The Labute approximate surface area is 101 Å². The molecule has 4 heteroatoms. The summed E-state index contributed by atoms with van der Waals surface area (Å²) in [4.78, 5) is 8.43. The molecular weight excluding hydrogens is 212 g/mol. The molecule has 0 spiro atoms. The SMILES string of the molecule is Cc1nc(NCCc2cccnc2)ccc1N. The molecular formula is C13H16N4. The van der Waals surface area contributed by atoms with Crippen LogP contribution in [0.15, 0.2) is 36.7 Å². The average molecular weight is 228 g/mol. The van der Waals surface area contributed by atoms with E-state index >= 15 is 0 Å². The zero-order chi connectivity index (χ0) is 12.1. The predicted molar refractivity (Wildman–Crippen MR) is 69.8 cm³/mol. The van der Waals surface area contributed by atoms with Crippen LogP contribution in [-0.2, 0) is 6.42 Å². The van der Waals surface area contributed by atoms with Gasteiger partial charge < -0.3 is 11.1 Å². The third-order valence-corrected chi connectivity index (χ3v) is 2.57. The summed E-state index contributed by atoms with van der Waals surface area (Å²) >= 11 is 0. The van der Waals surface area contributed by atoms with Crippen molar-refractivity contribution in [3.05, 3.63) is 47.9 Å². The lowest BCUT2D eigenvalue weighted by Crippen LogP contribution is -2.07. The van der Waals surface area contributed by atoms with Crippen molar-refractivity contribution >= 4 is 11.5 Å². The molecule has 17 heavy (non-hydrogen) atoms. The summed E-state index contributed by atoms with van der Waals surface area (Å²) < 4.78 is 0. The molecule has 0 aliphatic rings. The minimum atomic E-state index is 0.725. The fourth-order valence-electron chi connectivity index (χ4n) is 1.55. The fraction of sp³-hybridized carbons (Fsp3) is 0.231. The standard InChI is InChI=1S/C13H16N4/c1-10-12(14)4-5-13(17-10)16-8-6-11-3-2-7-15-9-11/h2-5,7,9H,6,8,14H2,1H3,(H,16,17). The quantitative estimate of drug-likeness (QED) is 0.840. The molecule has 2 aromatic rings. The van der Waals surface area contributed by atoms with Gasteiger partial charge >= 0.3 is 0 Å². The second-order valence-electron chi connectivity index (χ2n) is 3.91. The minimum Gasteiger partial charge on any atom is -0.397 e. The van der Waals surface area contributed by atoms with Crippen LogP contribution >= 0.6 is 0 Å². The number of hydrogen-bond donors (Lipinski definition) is 2. The van der Waals surface area contributed by atoms with E-state index in [1.54, 1.807) is 6.20 Å². The summed E-state index contributed by atoms with van der Waals surface area (Å²) in [6, 6.07) is 7.78. The van der Waals surface area contributed by atoms with E-state index < -0.39 is 0 Å². The Bertz CT molecular complexity index is 482. The first-order chi connectivity index (χ1) is 8.25. The molecule has 0 aliphatic carbocycles. The van der Waals surface area contributed by atoms with Crippen LogP contribution in [0.25, 0.3) is 0 Å². The fourth-order valence-corrected chi connectivity index (χ4v) is 1.55. The average Bonchev–Trinajstić information content (AvgIpc) is 2.35. The lowest BCUT2D eigenvalue weighted by molar-refractivity contribution is 0.990. The highest BCUT2D eigenvalue weighted by Gasteiger charge is 1.98. The first-order valence-electron chi connectivity index (χ1n) is 5.61. The summed E-state index contributed by atoms with van der Waals surface area (Å²) in [6.45, 7) is 2.74. The van der Waals surface area contributed by atoms with Gasteiger partial charge in [-0.2, -0.15) is 0 Å². The molecule has 2 heterocycles. The molecule has 3 N–H and O–H groups in total. The molecule has 0 bridgehead atoms. The highest BCUT2D eigenvalue weighted by atomic mass is 15.0. The first kappa shape index (κ1) is 11.4. The molecule has 0 unspecified atom stereocenters. The largest absolute Gasteiger partial charge is 0.397 e. The van der Waals surface area contributed by atoms with Crippen LogP contribution in [0, 0.1) is 6.92 Å². The number of aryl methyl sites for hydroxylation is 1. The van der Waals surface area contributed by atoms with Gasteiger partial charge in [-0.05, 0) is 37.1 Å². The van der Waals surface area contributed by atoms with Crippen molar-refractivity contribution in [2.45, 2.75) is 13.3 Å². The molecule has 0 fully saturated rings. The number of nitrogens with one attached hydrogen (secondary N) is 1. The molecule has 0 aliphatic heterocycles. The Kier molecular flexibility index (Phi) is 3.55. The molecule has 88 valence electrons. The highest BCUT2D eigenvalue weighted by Crippen LogP contribution is 2.11. The third kappa shape index (κ3) is 3.17.